The van der Waals surface area contributed by atoms with Gasteiger partial charge < -0.3 is 14.7 Å². The first kappa shape index (κ1) is 21.1. The fraction of sp³-hybridized carbons (Fsp3) is 0.857. The van der Waals surface area contributed by atoms with Crippen LogP contribution in [0.5, 0.6) is 0 Å². The molecule has 1 heterocycles. The minimum atomic E-state index is -0.783. The number of carbonyl (C=O) groups excluding carboxylic acids is 1. The van der Waals surface area contributed by atoms with Gasteiger partial charge in [-0.2, -0.15) is 12.6 Å². The van der Waals surface area contributed by atoms with E-state index in [1.165, 1.54) is 0 Å². The van der Waals surface area contributed by atoms with Crippen LogP contribution in [0.2, 0.25) is 0 Å². The summed E-state index contributed by atoms with van der Waals surface area (Å²) in [4.78, 5) is 24.6. The number of nitrogens with zero attached hydrogens (tertiary/aromatic N) is 1. The molecule has 5 nitrogen and oxygen atoms in total. The number of aliphatic carboxylic acids is 1. The molecule has 1 aliphatic heterocycles. The molecule has 1 atom stereocenters. The second-order valence-corrected chi connectivity index (χ2v) is 6.73. The van der Waals surface area contributed by atoms with Crippen LogP contribution >= 0.6 is 12.6 Å². The second kappa shape index (κ2) is 9.28. The zero-order chi connectivity index (χ0) is 15.3. The molecule has 0 spiro atoms. The van der Waals surface area contributed by atoms with Crippen LogP contribution in [0.15, 0.2) is 0 Å². The topological polar surface area (TPSA) is 66.8 Å². The summed E-state index contributed by atoms with van der Waals surface area (Å²) < 4.78 is 5.33. The number of ether oxygens (including phenoxy) is 1. The number of amides is 1. The van der Waals surface area contributed by atoms with Gasteiger partial charge >= 0.3 is 41.6 Å². The van der Waals surface area contributed by atoms with E-state index in [0.717, 1.165) is 12.8 Å². The zero-order valence-electron chi connectivity index (χ0n) is 12.5. The van der Waals surface area contributed by atoms with E-state index in [-0.39, 0.29) is 35.7 Å². The Labute approximate surface area is 154 Å². The average molecular weight is 327 g/mol. The van der Waals surface area contributed by atoms with Crippen LogP contribution in [-0.4, -0.2) is 76.1 Å². The number of carbonyl (C=O) groups is 2. The quantitative estimate of drug-likeness (QED) is 0.612. The number of hydrogen-bond donors (Lipinski definition) is 2. The molecule has 1 saturated heterocycles. The van der Waals surface area contributed by atoms with Crippen LogP contribution in [0.1, 0.15) is 40.0 Å². The first-order valence-electron chi connectivity index (χ1n) is 7.04. The number of carboxylic acids is 1. The van der Waals surface area contributed by atoms with Crippen LogP contribution in [0.25, 0.3) is 0 Å². The van der Waals surface area contributed by atoms with E-state index in [4.69, 9.17) is 9.84 Å². The van der Waals surface area contributed by atoms with Crippen LogP contribution < -0.4 is 0 Å². The van der Waals surface area contributed by atoms with Crippen molar-refractivity contribution in [2.24, 2.45) is 11.8 Å². The van der Waals surface area contributed by atoms with E-state index in [2.05, 4.69) is 12.6 Å². The first-order chi connectivity index (χ1) is 9.23. The van der Waals surface area contributed by atoms with Crippen molar-refractivity contribution in [3.05, 3.63) is 0 Å². The maximum atomic E-state index is 11.9. The van der Waals surface area contributed by atoms with E-state index in [9.17, 15) is 9.59 Å². The first-order valence-corrected chi connectivity index (χ1v) is 7.67. The molecule has 1 amide bonds. The van der Waals surface area contributed by atoms with Gasteiger partial charge in [-0.1, -0.05) is 0 Å². The van der Waals surface area contributed by atoms with Crippen molar-refractivity contribution < 1.29 is 19.4 Å². The summed E-state index contributed by atoms with van der Waals surface area (Å²) in [6.07, 6.45) is 2.02. The van der Waals surface area contributed by atoms with Crippen molar-refractivity contribution in [1.29, 1.82) is 0 Å². The SMILES string of the molecule is CC(C)(C)OC(=O)N1CCC(CC(CS)C(=O)O)CC1.[NaH]. The van der Waals surface area contributed by atoms with Crippen molar-refractivity contribution >= 4 is 54.2 Å². The number of carboxylic acid groups (broad SMARTS) is 1. The Bertz CT molecular complexity index is 351. The molecule has 1 rings (SSSR count). The average Bonchev–Trinajstić information content (AvgIpc) is 2.34. The van der Waals surface area contributed by atoms with Crippen LogP contribution in [0.4, 0.5) is 4.79 Å². The number of thiol groups is 1. The number of likely N-dealkylation sites (tertiary alicyclic amines) is 1. The van der Waals surface area contributed by atoms with Gasteiger partial charge in [0, 0.05) is 18.8 Å². The minimum absolute atomic E-state index is 0. The molecule has 0 aromatic rings. The van der Waals surface area contributed by atoms with Gasteiger partial charge in [-0.3, -0.25) is 4.79 Å². The van der Waals surface area contributed by atoms with Gasteiger partial charge in [-0.05, 0) is 46.0 Å². The Morgan fingerprint density at radius 3 is 2.24 bits per heavy atom. The van der Waals surface area contributed by atoms with Gasteiger partial charge in [0.05, 0.1) is 5.92 Å². The van der Waals surface area contributed by atoms with E-state index in [1.807, 2.05) is 20.8 Å². The van der Waals surface area contributed by atoms with Crippen molar-refractivity contribution in [3.63, 3.8) is 0 Å². The third-order valence-electron chi connectivity index (χ3n) is 3.45. The van der Waals surface area contributed by atoms with Gasteiger partial charge in [-0.15, -0.1) is 0 Å². The maximum absolute atomic E-state index is 11.9. The Hall–Kier alpha value is 0.0900. The summed E-state index contributed by atoms with van der Waals surface area (Å²) in [5.74, 6) is -0.463. The predicted molar refractivity (Wildman–Crippen MR) is 87.3 cm³/mol. The summed E-state index contributed by atoms with van der Waals surface area (Å²) >= 11 is 4.09. The fourth-order valence-corrected chi connectivity index (χ4v) is 2.64. The van der Waals surface area contributed by atoms with Crippen molar-refractivity contribution in [2.75, 3.05) is 18.8 Å². The van der Waals surface area contributed by atoms with Crippen LogP contribution in [0, 0.1) is 11.8 Å². The normalized spacial score (nSPS) is 17.8. The Morgan fingerprint density at radius 1 is 1.33 bits per heavy atom. The van der Waals surface area contributed by atoms with Gasteiger partial charge in [0.2, 0.25) is 0 Å². The molecule has 1 unspecified atom stereocenters. The summed E-state index contributed by atoms with van der Waals surface area (Å²) in [7, 11) is 0. The molecule has 118 valence electrons. The number of hydrogen-bond acceptors (Lipinski definition) is 4. The Kier molecular flexibility index (Phi) is 9.32. The van der Waals surface area contributed by atoms with Crippen molar-refractivity contribution in [1.82, 2.24) is 4.90 Å². The zero-order valence-corrected chi connectivity index (χ0v) is 13.4. The van der Waals surface area contributed by atoms with Crippen molar-refractivity contribution in [3.8, 4) is 0 Å². The third kappa shape index (κ3) is 7.77. The molecule has 0 saturated carbocycles. The summed E-state index contributed by atoms with van der Waals surface area (Å²) in [6.45, 7) is 6.82. The van der Waals surface area contributed by atoms with Gasteiger partial charge in [0.15, 0.2) is 0 Å². The fourth-order valence-electron chi connectivity index (χ4n) is 2.33. The van der Waals surface area contributed by atoms with Crippen LogP contribution in [0.3, 0.4) is 0 Å². The summed E-state index contributed by atoms with van der Waals surface area (Å²) in [5.41, 5.74) is -0.478. The molecule has 1 aliphatic rings. The molecular weight excluding hydrogens is 301 g/mol. The Morgan fingerprint density at radius 2 is 1.86 bits per heavy atom. The van der Waals surface area contributed by atoms with Gasteiger partial charge in [-0.25, -0.2) is 4.79 Å². The van der Waals surface area contributed by atoms with Gasteiger partial charge in [0.1, 0.15) is 5.60 Å². The third-order valence-corrected chi connectivity index (χ3v) is 3.89. The predicted octanol–water partition coefficient (Wildman–Crippen LogP) is 2.01. The standard InChI is InChI=1S/C14H25NO4S.Na.H/c1-14(2,3)19-13(18)15-6-4-10(5-7-15)8-11(9-20)12(16)17;;/h10-11,20H,4-9H2,1-3H3,(H,16,17);;. The monoisotopic (exact) mass is 327 g/mol. The molecule has 0 aliphatic carbocycles. The van der Waals surface area contributed by atoms with E-state index >= 15 is 0 Å². The molecule has 1 fully saturated rings. The molecule has 0 bridgehead atoms. The molecule has 0 radical (unpaired) electrons. The van der Waals surface area contributed by atoms with E-state index in [0.29, 0.717) is 31.2 Å². The van der Waals surface area contributed by atoms with Gasteiger partial charge in [0.25, 0.3) is 0 Å². The van der Waals surface area contributed by atoms with E-state index < -0.39 is 17.5 Å². The molecule has 7 heteroatoms. The Balaban J connectivity index is 0.00000400. The van der Waals surface area contributed by atoms with Crippen molar-refractivity contribution in [2.45, 2.75) is 45.6 Å². The summed E-state index contributed by atoms with van der Waals surface area (Å²) in [5, 5.41) is 9.04. The van der Waals surface area contributed by atoms with Crippen LogP contribution in [-0.2, 0) is 9.53 Å². The number of piperidine rings is 1. The molecule has 1 N–H and O–H groups in total. The van der Waals surface area contributed by atoms with E-state index in [1.54, 1.807) is 4.90 Å². The molecular formula is C14H26NNaO4S. The second-order valence-electron chi connectivity index (χ2n) is 6.36. The summed E-state index contributed by atoms with van der Waals surface area (Å²) in [6, 6.07) is 0. The molecule has 0 aromatic heterocycles. The molecule has 21 heavy (non-hydrogen) atoms. The number of rotatable bonds is 4. The molecule has 0 aromatic carbocycles.